The Bertz CT molecular complexity index is 1490. The molecule has 2 N–H and O–H groups in total. The molecule has 0 amide bonds. The summed E-state index contributed by atoms with van der Waals surface area (Å²) in [5.74, 6) is 4.04. The standard InChI is InChI=1S/C42H61N3O4/c1-24(2)37-34(47)22-42(16-19-43-23-36-44-17-7-18-45-36)15-12-32-28(38(37)42)8-9-35-40(5)13-10-27(25(3)31(40)11-14-41(32,35)6)20-33(46)29-21-30(26(29)4)39(48)49/h7,17-18,24-32,35,43H,8-16,19-23H2,1-6H3,(H,48,49). The van der Waals surface area contributed by atoms with Crippen LogP contribution in [-0.2, 0) is 20.9 Å². The summed E-state index contributed by atoms with van der Waals surface area (Å²) in [6.07, 6.45) is 16.1. The summed E-state index contributed by atoms with van der Waals surface area (Å²) in [5, 5.41) is 13.1. The number of allylic oxidation sites excluding steroid dienone is 2. The molecule has 1 aromatic rings. The number of aliphatic carboxylic acids is 1. The van der Waals surface area contributed by atoms with Gasteiger partial charge in [-0.25, -0.2) is 9.97 Å². The summed E-state index contributed by atoms with van der Waals surface area (Å²) in [5.41, 5.74) is 3.30. The lowest BCUT2D eigenvalue weighted by Gasteiger charge is -2.67. The lowest BCUT2D eigenvalue weighted by atomic mass is 9.37. The van der Waals surface area contributed by atoms with Crippen LogP contribution < -0.4 is 5.32 Å². The van der Waals surface area contributed by atoms with E-state index in [4.69, 9.17) is 0 Å². The van der Waals surface area contributed by atoms with Gasteiger partial charge in [0.15, 0.2) is 5.78 Å². The van der Waals surface area contributed by atoms with E-state index in [0.717, 1.165) is 31.6 Å². The number of ketones is 2. The molecular weight excluding hydrogens is 610 g/mol. The van der Waals surface area contributed by atoms with Crippen molar-refractivity contribution < 1.29 is 19.5 Å². The molecule has 1 heterocycles. The second-order valence-corrected chi connectivity index (χ2v) is 18.5. The van der Waals surface area contributed by atoms with Gasteiger partial charge in [-0.3, -0.25) is 14.4 Å². The number of nitrogens with zero attached hydrogens (tertiary/aromatic N) is 2. The second-order valence-electron chi connectivity index (χ2n) is 18.5. The first kappa shape index (κ1) is 35.0. The molecule has 0 aliphatic heterocycles. The zero-order valence-corrected chi connectivity index (χ0v) is 31.0. The molecule has 7 heteroatoms. The van der Waals surface area contributed by atoms with Gasteiger partial charge in [-0.15, -0.1) is 0 Å². The molecule has 7 nitrogen and oxygen atoms in total. The normalized spacial score (nSPS) is 42.9. The molecule has 268 valence electrons. The van der Waals surface area contributed by atoms with Crippen LogP contribution in [0.2, 0.25) is 0 Å². The Morgan fingerprint density at radius 3 is 2.33 bits per heavy atom. The summed E-state index contributed by atoms with van der Waals surface area (Å²) in [4.78, 5) is 47.6. The number of carbonyl (C=O) groups is 3. The molecule has 1 aromatic heterocycles. The minimum absolute atomic E-state index is 0.00573. The Balaban J connectivity index is 1.07. The number of hydrogen-bond donors (Lipinski definition) is 2. The Labute approximate surface area is 294 Å². The van der Waals surface area contributed by atoms with Crippen molar-refractivity contribution in [3.8, 4) is 0 Å². The Kier molecular flexibility index (Phi) is 9.27. The van der Waals surface area contributed by atoms with Crippen LogP contribution in [-0.4, -0.2) is 39.2 Å². The minimum Gasteiger partial charge on any atom is -0.481 e. The first-order chi connectivity index (χ1) is 23.3. The summed E-state index contributed by atoms with van der Waals surface area (Å²) >= 11 is 0. The van der Waals surface area contributed by atoms with Gasteiger partial charge in [-0.05, 0) is 141 Å². The van der Waals surface area contributed by atoms with Crippen molar-refractivity contribution in [1.82, 2.24) is 15.3 Å². The van der Waals surface area contributed by atoms with E-state index in [9.17, 15) is 19.5 Å². The van der Waals surface area contributed by atoms with Crippen molar-refractivity contribution in [2.75, 3.05) is 6.54 Å². The van der Waals surface area contributed by atoms with E-state index in [1.165, 1.54) is 44.1 Å². The van der Waals surface area contributed by atoms with Crippen LogP contribution in [0.15, 0.2) is 29.6 Å². The first-order valence-electron chi connectivity index (χ1n) is 19.8. The maximum Gasteiger partial charge on any atom is 0.306 e. The fourth-order valence-electron chi connectivity index (χ4n) is 13.6. The van der Waals surface area contributed by atoms with Gasteiger partial charge in [0.05, 0.1) is 12.5 Å². The van der Waals surface area contributed by atoms with Crippen LogP contribution in [0.5, 0.6) is 0 Å². The molecule has 12 atom stereocenters. The molecule has 0 aromatic carbocycles. The SMILES string of the molecule is CC(C)C1=C2C3CCC4C(C)(CCC5C(C)C(CC(=O)C6CC(C(=O)O)C6C)CCC54C)C3CCC2(CCNCc2ncccn2)CC1=O. The highest BCUT2D eigenvalue weighted by Crippen LogP contribution is 2.72. The Hall–Kier alpha value is -2.41. The van der Waals surface area contributed by atoms with Gasteiger partial charge in [-0.1, -0.05) is 47.1 Å². The van der Waals surface area contributed by atoms with Gasteiger partial charge in [0.2, 0.25) is 0 Å². The molecular formula is C42H61N3O4. The van der Waals surface area contributed by atoms with Gasteiger partial charge >= 0.3 is 5.97 Å². The first-order valence-corrected chi connectivity index (χ1v) is 19.8. The molecule has 0 radical (unpaired) electrons. The number of carboxylic acids is 1. The zero-order valence-electron chi connectivity index (χ0n) is 31.0. The van der Waals surface area contributed by atoms with E-state index < -0.39 is 5.97 Å². The van der Waals surface area contributed by atoms with Gasteiger partial charge in [-0.2, -0.15) is 0 Å². The van der Waals surface area contributed by atoms with Crippen molar-refractivity contribution in [3.63, 3.8) is 0 Å². The molecule has 6 aliphatic rings. The largest absolute Gasteiger partial charge is 0.481 e. The van der Waals surface area contributed by atoms with E-state index >= 15 is 0 Å². The van der Waals surface area contributed by atoms with Crippen molar-refractivity contribution in [2.45, 2.75) is 125 Å². The van der Waals surface area contributed by atoms with Crippen molar-refractivity contribution in [1.29, 1.82) is 0 Å². The van der Waals surface area contributed by atoms with E-state index in [-0.39, 0.29) is 39.9 Å². The van der Waals surface area contributed by atoms with E-state index in [1.807, 2.05) is 13.0 Å². The van der Waals surface area contributed by atoms with Crippen LogP contribution in [0.1, 0.15) is 124 Å². The highest BCUT2D eigenvalue weighted by atomic mass is 16.4. The number of carbonyl (C=O) groups excluding carboxylic acids is 2. The molecule has 0 saturated heterocycles. The molecule has 6 aliphatic carbocycles. The molecule has 49 heavy (non-hydrogen) atoms. The lowest BCUT2D eigenvalue weighted by molar-refractivity contribution is -0.172. The fourth-order valence-corrected chi connectivity index (χ4v) is 13.6. The highest BCUT2D eigenvalue weighted by Gasteiger charge is 2.64. The molecule has 7 rings (SSSR count). The summed E-state index contributed by atoms with van der Waals surface area (Å²) in [6.45, 7) is 15.7. The van der Waals surface area contributed by atoms with Gasteiger partial charge in [0.25, 0.3) is 0 Å². The third-order valence-electron chi connectivity index (χ3n) is 16.2. The fraction of sp³-hybridized carbons (Fsp3) is 0.786. The maximum atomic E-state index is 13.8. The molecule has 5 fully saturated rings. The number of carboxylic acid groups (broad SMARTS) is 1. The minimum atomic E-state index is -0.746. The van der Waals surface area contributed by atoms with Crippen LogP contribution >= 0.6 is 0 Å². The van der Waals surface area contributed by atoms with Crippen LogP contribution in [0, 0.1) is 75.4 Å². The average Bonchev–Trinajstić information content (AvgIpc) is 3.36. The predicted octanol–water partition coefficient (Wildman–Crippen LogP) is 8.09. The third kappa shape index (κ3) is 5.67. The zero-order chi connectivity index (χ0) is 34.9. The lowest BCUT2D eigenvalue weighted by Crippen LogP contribution is -2.60. The molecule has 0 bridgehead atoms. The maximum absolute atomic E-state index is 13.8. The number of nitrogens with one attached hydrogen (secondary N) is 1. The summed E-state index contributed by atoms with van der Waals surface area (Å²) < 4.78 is 0. The second kappa shape index (κ2) is 13.0. The number of hydrogen-bond acceptors (Lipinski definition) is 6. The van der Waals surface area contributed by atoms with E-state index in [2.05, 4.69) is 49.9 Å². The summed E-state index contributed by atoms with van der Waals surface area (Å²) in [7, 11) is 0. The van der Waals surface area contributed by atoms with Crippen LogP contribution in [0.3, 0.4) is 0 Å². The molecule has 12 unspecified atom stereocenters. The number of aromatic nitrogens is 2. The number of Topliss-reactive ketones (excluding diaryl/α,β-unsaturated/α-hetero) is 2. The molecule has 0 spiro atoms. The Morgan fingerprint density at radius 1 is 0.939 bits per heavy atom. The van der Waals surface area contributed by atoms with E-state index in [1.54, 1.807) is 18.0 Å². The smallest absolute Gasteiger partial charge is 0.306 e. The highest BCUT2D eigenvalue weighted by molar-refractivity contribution is 6.00. The van der Waals surface area contributed by atoms with Crippen LogP contribution in [0.4, 0.5) is 0 Å². The quantitative estimate of drug-likeness (QED) is 0.242. The van der Waals surface area contributed by atoms with E-state index in [0.29, 0.717) is 72.9 Å². The Morgan fingerprint density at radius 2 is 1.63 bits per heavy atom. The van der Waals surface area contributed by atoms with Gasteiger partial charge < -0.3 is 10.4 Å². The van der Waals surface area contributed by atoms with Gasteiger partial charge in [0.1, 0.15) is 11.6 Å². The van der Waals surface area contributed by atoms with Crippen LogP contribution in [0.25, 0.3) is 0 Å². The third-order valence-corrected chi connectivity index (χ3v) is 16.2. The molecule has 5 saturated carbocycles. The summed E-state index contributed by atoms with van der Waals surface area (Å²) in [6, 6.07) is 1.85. The van der Waals surface area contributed by atoms with Crippen molar-refractivity contribution in [3.05, 3.63) is 35.4 Å². The number of rotatable bonds is 10. The van der Waals surface area contributed by atoms with Crippen molar-refractivity contribution in [2.24, 2.45) is 75.4 Å². The predicted molar refractivity (Wildman–Crippen MR) is 190 cm³/mol. The monoisotopic (exact) mass is 671 g/mol. The average molecular weight is 672 g/mol. The topological polar surface area (TPSA) is 109 Å². The van der Waals surface area contributed by atoms with Gasteiger partial charge in [0, 0.05) is 36.6 Å². The number of fused-ring (bicyclic) bond motifs is 7. The van der Waals surface area contributed by atoms with Crippen molar-refractivity contribution >= 4 is 17.5 Å².